The third kappa shape index (κ3) is 2.17. The van der Waals surface area contributed by atoms with Crippen molar-refractivity contribution in [2.45, 2.75) is 5.92 Å². The summed E-state index contributed by atoms with van der Waals surface area (Å²) in [6, 6.07) is 12.8. The van der Waals surface area contributed by atoms with Crippen molar-refractivity contribution < 1.29 is 19.4 Å². The second-order valence-corrected chi connectivity index (χ2v) is 5.80. The highest BCUT2D eigenvalue weighted by Gasteiger charge is 2.35. The maximum atomic E-state index is 12.7. The van der Waals surface area contributed by atoms with E-state index in [1.54, 1.807) is 24.3 Å². The summed E-state index contributed by atoms with van der Waals surface area (Å²) in [5.41, 5.74) is 6.12. The number of nitriles is 1. The molecule has 1 atom stereocenters. The van der Waals surface area contributed by atoms with E-state index >= 15 is 0 Å². The van der Waals surface area contributed by atoms with Crippen molar-refractivity contribution in [3.8, 4) is 23.3 Å². The molecular weight excluding hydrogens is 336 g/mol. The van der Waals surface area contributed by atoms with Gasteiger partial charge in [-0.05, 0) is 29.8 Å². The summed E-state index contributed by atoms with van der Waals surface area (Å²) in [5, 5.41) is 29.5. The molecule has 1 aromatic heterocycles. The van der Waals surface area contributed by atoms with Crippen LogP contribution < -0.4 is 16.1 Å². The first kappa shape index (κ1) is 15.6. The molecule has 0 spiro atoms. The zero-order valence-electron chi connectivity index (χ0n) is 13.3. The van der Waals surface area contributed by atoms with Gasteiger partial charge >= 0.3 is 5.63 Å². The molecule has 2 heterocycles. The number of hydrogen-bond acceptors (Lipinski definition) is 7. The van der Waals surface area contributed by atoms with E-state index in [0.717, 1.165) is 0 Å². The summed E-state index contributed by atoms with van der Waals surface area (Å²) >= 11 is 0. The number of allylic oxidation sites excluding steroid dienone is 1. The maximum absolute atomic E-state index is 12.7. The predicted octanol–water partition coefficient (Wildman–Crippen LogP) is 2.42. The molecule has 0 saturated heterocycles. The van der Waals surface area contributed by atoms with Crippen LogP contribution in [-0.4, -0.2) is 10.2 Å². The van der Waals surface area contributed by atoms with Crippen LogP contribution >= 0.6 is 0 Å². The van der Waals surface area contributed by atoms with E-state index in [-0.39, 0.29) is 34.3 Å². The van der Waals surface area contributed by atoms with Gasteiger partial charge in [-0.25, -0.2) is 4.79 Å². The highest BCUT2D eigenvalue weighted by Crippen LogP contribution is 2.44. The van der Waals surface area contributed by atoms with Gasteiger partial charge in [0.25, 0.3) is 0 Å². The maximum Gasteiger partial charge on any atom is 0.344 e. The van der Waals surface area contributed by atoms with E-state index in [2.05, 4.69) is 0 Å². The Kier molecular flexibility index (Phi) is 3.34. The van der Waals surface area contributed by atoms with Crippen molar-refractivity contribution in [3.05, 3.63) is 75.5 Å². The average Bonchev–Trinajstić information content (AvgIpc) is 2.63. The van der Waals surface area contributed by atoms with Crippen molar-refractivity contribution in [1.29, 1.82) is 5.26 Å². The quantitative estimate of drug-likeness (QED) is 0.455. The minimum atomic E-state index is -0.892. The number of hydrogen-bond donors (Lipinski definition) is 3. The molecule has 0 bridgehead atoms. The highest BCUT2D eigenvalue weighted by molar-refractivity contribution is 5.86. The summed E-state index contributed by atoms with van der Waals surface area (Å²) in [6.07, 6.45) is 0. The van der Waals surface area contributed by atoms with Crippen LogP contribution in [0.3, 0.4) is 0 Å². The van der Waals surface area contributed by atoms with Crippen molar-refractivity contribution in [3.63, 3.8) is 0 Å². The van der Waals surface area contributed by atoms with Gasteiger partial charge in [0, 0.05) is 0 Å². The topological polar surface area (TPSA) is 130 Å². The number of aromatic hydroxyl groups is 2. The third-order valence-electron chi connectivity index (χ3n) is 4.31. The minimum absolute atomic E-state index is 0.0187. The molecule has 0 fully saturated rings. The first-order chi connectivity index (χ1) is 12.5. The molecule has 26 heavy (non-hydrogen) atoms. The molecule has 3 aromatic rings. The summed E-state index contributed by atoms with van der Waals surface area (Å²) in [4.78, 5) is 12.7. The van der Waals surface area contributed by atoms with Gasteiger partial charge in [-0.2, -0.15) is 5.26 Å². The molecule has 4 N–H and O–H groups in total. The van der Waals surface area contributed by atoms with Crippen LogP contribution in [-0.2, 0) is 0 Å². The van der Waals surface area contributed by atoms with Crippen LogP contribution in [0.5, 0.6) is 17.2 Å². The molecule has 0 saturated carbocycles. The number of ether oxygens (including phenoxy) is 1. The number of fused-ring (bicyclic) bond motifs is 3. The van der Waals surface area contributed by atoms with Gasteiger partial charge in [-0.1, -0.05) is 18.2 Å². The number of nitrogens with two attached hydrogens (primary N) is 1. The van der Waals surface area contributed by atoms with Crippen LogP contribution in [0.4, 0.5) is 0 Å². The molecule has 4 rings (SSSR count). The van der Waals surface area contributed by atoms with Crippen molar-refractivity contribution in [2.75, 3.05) is 0 Å². The summed E-state index contributed by atoms with van der Waals surface area (Å²) in [6.45, 7) is 0. The van der Waals surface area contributed by atoms with E-state index in [9.17, 15) is 20.3 Å². The number of para-hydroxylation sites is 1. The Morgan fingerprint density at radius 3 is 2.62 bits per heavy atom. The molecular formula is C19H12N2O5. The molecule has 2 aromatic carbocycles. The third-order valence-corrected chi connectivity index (χ3v) is 4.31. The smallest absolute Gasteiger partial charge is 0.344 e. The van der Waals surface area contributed by atoms with Crippen LogP contribution in [0.1, 0.15) is 17.0 Å². The number of benzene rings is 2. The van der Waals surface area contributed by atoms with Crippen LogP contribution in [0.15, 0.2) is 63.1 Å². The van der Waals surface area contributed by atoms with Crippen molar-refractivity contribution in [2.24, 2.45) is 5.73 Å². The summed E-state index contributed by atoms with van der Waals surface area (Å²) in [5.74, 6) is -1.51. The van der Waals surface area contributed by atoms with Crippen molar-refractivity contribution >= 4 is 11.0 Å². The average molecular weight is 348 g/mol. The van der Waals surface area contributed by atoms with Crippen LogP contribution in [0.2, 0.25) is 0 Å². The molecule has 128 valence electrons. The number of nitrogens with zero attached hydrogens (tertiary/aromatic N) is 1. The van der Waals surface area contributed by atoms with Crippen molar-refractivity contribution in [1.82, 2.24) is 0 Å². The largest absolute Gasteiger partial charge is 0.504 e. The molecule has 0 amide bonds. The Labute approximate surface area is 146 Å². The summed E-state index contributed by atoms with van der Waals surface area (Å²) < 4.78 is 11.0. The lowest BCUT2D eigenvalue weighted by atomic mass is 9.83. The zero-order valence-corrected chi connectivity index (χ0v) is 13.3. The molecule has 1 aliphatic rings. The van der Waals surface area contributed by atoms with Gasteiger partial charge in [0.15, 0.2) is 17.2 Å². The van der Waals surface area contributed by atoms with E-state index in [4.69, 9.17) is 14.9 Å². The molecule has 0 aliphatic carbocycles. The van der Waals surface area contributed by atoms with Gasteiger partial charge in [-0.3, -0.25) is 0 Å². The van der Waals surface area contributed by atoms with E-state index in [0.29, 0.717) is 16.5 Å². The van der Waals surface area contributed by atoms with Gasteiger partial charge < -0.3 is 25.1 Å². The minimum Gasteiger partial charge on any atom is -0.504 e. The van der Waals surface area contributed by atoms with E-state index in [1.807, 2.05) is 6.07 Å². The predicted molar refractivity (Wildman–Crippen MR) is 91.6 cm³/mol. The van der Waals surface area contributed by atoms with Gasteiger partial charge in [0.1, 0.15) is 17.2 Å². The number of phenols is 2. The lowest BCUT2D eigenvalue weighted by Crippen LogP contribution is -2.26. The Hall–Kier alpha value is -3.92. The Balaban J connectivity index is 2.08. The normalized spacial score (nSPS) is 16.0. The standard InChI is InChI=1S/C19H12N2O5/c20-8-11-15(9-5-6-12(22)13(23)7-9)16-17(26-18(11)21)10-3-1-2-4-14(10)25-19(16)24/h1-7,15,22-23H,21H2. The van der Waals surface area contributed by atoms with Gasteiger partial charge in [0.05, 0.1) is 16.9 Å². The first-order valence-electron chi connectivity index (χ1n) is 7.66. The monoisotopic (exact) mass is 348 g/mol. The van der Waals surface area contributed by atoms with Crippen LogP contribution in [0, 0.1) is 11.3 Å². The molecule has 1 unspecified atom stereocenters. The number of phenolic OH excluding ortho intramolecular Hbond substituents is 2. The first-order valence-corrected chi connectivity index (χ1v) is 7.66. The Morgan fingerprint density at radius 1 is 1.12 bits per heavy atom. The zero-order chi connectivity index (χ0) is 18.4. The van der Waals surface area contributed by atoms with E-state index < -0.39 is 11.5 Å². The fraction of sp³-hybridized carbons (Fsp3) is 0.0526. The summed E-state index contributed by atoms with van der Waals surface area (Å²) in [7, 11) is 0. The Morgan fingerprint density at radius 2 is 1.88 bits per heavy atom. The molecule has 0 radical (unpaired) electrons. The molecule has 7 nitrogen and oxygen atoms in total. The van der Waals surface area contributed by atoms with E-state index in [1.165, 1.54) is 18.2 Å². The van der Waals surface area contributed by atoms with Gasteiger partial charge in [-0.15, -0.1) is 0 Å². The molecule has 7 heteroatoms. The fourth-order valence-corrected chi connectivity index (χ4v) is 3.12. The Bertz CT molecular complexity index is 1190. The number of rotatable bonds is 1. The molecule has 1 aliphatic heterocycles. The second-order valence-electron chi connectivity index (χ2n) is 5.80. The van der Waals surface area contributed by atoms with Crippen LogP contribution in [0.25, 0.3) is 11.0 Å². The lowest BCUT2D eigenvalue weighted by Gasteiger charge is -2.26. The SMILES string of the molecule is N#CC1=C(N)Oc2c(c(=O)oc3ccccc23)C1c1ccc(O)c(O)c1. The second kappa shape index (κ2) is 5.57. The van der Waals surface area contributed by atoms with Gasteiger partial charge in [0.2, 0.25) is 5.88 Å². The lowest BCUT2D eigenvalue weighted by molar-refractivity contribution is 0.386. The highest BCUT2D eigenvalue weighted by atomic mass is 16.5. The fourth-order valence-electron chi connectivity index (χ4n) is 3.12.